The lowest BCUT2D eigenvalue weighted by Gasteiger charge is -2.14. The minimum atomic E-state index is -0.288. The van der Waals surface area contributed by atoms with E-state index >= 15 is 0 Å². The highest BCUT2D eigenvalue weighted by atomic mass is 35.5. The molecule has 19 heavy (non-hydrogen) atoms. The molecule has 0 aliphatic heterocycles. The number of carbonyl (C=O) groups excluding carboxylic acids is 1. The van der Waals surface area contributed by atoms with Crippen LogP contribution in [0, 0.1) is 0 Å². The first-order chi connectivity index (χ1) is 9.11. The van der Waals surface area contributed by atoms with Gasteiger partial charge < -0.3 is 10.6 Å². The van der Waals surface area contributed by atoms with Crippen molar-refractivity contribution in [3.8, 4) is 5.69 Å². The molecule has 1 atom stereocenters. The zero-order chi connectivity index (χ0) is 13.8. The zero-order valence-corrected chi connectivity index (χ0v) is 11.5. The van der Waals surface area contributed by atoms with Crippen LogP contribution in [-0.2, 0) is 4.79 Å². The first kappa shape index (κ1) is 13.6. The van der Waals surface area contributed by atoms with E-state index in [2.05, 4.69) is 15.7 Å². The Balaban J connectivity index is 2.33. The van der Waals surface area contributed by atoms with Gasteiger partial charge >= 0.3 is 0 Å². The molecule has 0 spiro atoms. The van der Waals surface area contributed by atoms with E-state index in [0.29, 0.717) is 10.7 Å². The second kappa shape index (κ2) is 5.86. The molecular formula is C13H15ClN4O. The summed E-state index contributed by atoms with van der Waals surface area (Å²) in [6.07, 6.45) is 3.48. The van der Waals surface area contributed by atoms with Gasteiger partial charge in [0.05, 0.1) is 17.4 Å². The Bertz CT molecular complexity index is 568. The van der Waals surface area contributed by atoms with Gasteiger partial charge in [0.1, 0.15) is 0 Å². The molecule has 1 amide bonds. The first-order valence-electron chi connectivity index (χ1n) is 5.89. The molecule has 6 heteroatoms. The molecule has 1 aromatic heterocycles. The highest BCUT2D eigenvalue weighted by Gasteiger charge is 2.13. The van der Waals surface area contributed by atoms with Gasteiger partial charge in [0, 0.05) is 17.4 Å². The zero-order valence-electron chi connectivity index (χ0n) is 10.7. The van der Waals surface area contributed by atoms with Crippen molar-refractivity contribution >= 4 is 23.2 Å². The number of likely N-dealkylation sites (N-methyl/N-ethyl adjacent to an activating group) is 1. The Morgan fingerprint density at radius 3 is 2.89 bits per heavy atom. The van der Waals surface area contributed by atoms with E-state index in [4.69, 9.17) is 11.6 Å². The minimum Gasteiger partial charge on any atom is -0.323 e. The van der Waals surface area contributed by atoms with Gasteiger partial charge in [0.15, 0.2) is 0 Å². The summed E-state index contributed by atoms with van der Waals surface area (Å²) >= 11 is 5.98. The normalized spacial score (nSPS) is 12.2. The van der Waals surface area contributed by atoms with E-state index in [1.807, 2.05) is 12.1 Å². The van der Waals surface area contributed by atoms with Crippen LogP contribution in [0.15, 0.2) is 36.7 Å². The summed E-state index contributed by atoms with van der Waals surface area (Å²) in [5, 5.41) is 10.4. The SMILES string of the molecule is CNC(C)C(=O)Nc1cc(Cl)ccc1-n1cccn1. The van der Waals surface area contributed by atoms with Crippen LogP contribution in [0.2, 0.25) is 5.02 Å². The number of hydrogen-bond acceptors (Lipinski definition) is 3. The number of aromatic nitrogens is 2. The quantitative estimate of drug-likeness (QED) is 0.900. The molecule has 2 N–H and O–H groups in total. The molecule has 2 aromatic rings. The van der Waals surface area contributed by atoms with Gasteiger partial charge in [-0.1, -0.05) is 11.6 Å². The lowest BCUT2D eigenvalue weighted by Crippen LogP contribution is -2.35. The van der Waals surface area contributed by atoms with Crippen LogP contribution in [0.3, 0.4) is 0 Å². The molecule has 2 rings (SSSR count). The van der Waals surface area contributed by atoms with Gasteiger partial charge in [-0.2, -0.15) is 5.10 Å². The second-order valence-corrected chi connectivity index (χ2v) is 4.55. The maximum atomic E-state index is 11.9. The number of nitrogens with zero attached hydrogens (tertiary/aromatic N) is 2. The summed E-state index contributed by atoms with van der Waals surface area (Å²) in [5.74, 6) is -0.127. The Labute approximate surface area is 116 Å². The van der Waals surface area contributed by atoms with Crippen molar-refractivity contribution in [2.75, 3.05) is 12.4 Å². The molecule has 5 nitrogen and oxygen atoms in total. The largest absolute Gasteiger partial charge is 0.323 e. The molecule has 1 unspecified atom stereocenters. The van der Waals surface area contributed by atoms with Crippen molar-refractivity contribution in [3.05, 3.63) is 41.7 Å². The summed E-state index contributed by atoms with van der Waals surface area (Å²) in [5.41, 5.74) is 1.40. The number of hydrogen-bond donors (Lipinski definition) is 2. The van der Waals surface area contributed by atoms with Crippen molar-refractivity contribution < 1.29 is 4.79 Å². The van der Waals surface area contributed by atoms with Gasteiger partial charge in [-0.05, 0) is 38.2 Å². The second-order valence-electron chi connectivity index (χ2n) is 4.11. The topological polar surface area (TPSA) is 59.0 Å². The van der Waals surface area contributed by atoms with Gasteiger partial charge in [0.25, 0.3) is 0 Å². The molecular weight excluding hydrogens is 264 g/mol. The van der Waals surface area contributed by atoms with Crippen LogP contribution in [0.1, 0.15) is 6.92 Å². The Hall–Kier alpha value is -1.85. The van der Waals surface area contributed by atoms with Gasteiger partial charge in [-0.15, -0.1) is 0 Å². The van der Waals surface area contributed by atoms with E-state index in [0.717, 1.165) is 5.69 Å². The van der Waals surface area contributed by atoms with Gasteiger partial charge in [-0.3, -0.25) is 4.79 Å². The lowest BCUT2D eigenvalue weighted by atomic mass is 10.2. The third-order valence-electron chi connectivity index (χ3n) is 2.79. The van der Waals surface area contributed by atoms with Crippen LogP contribution < -0.4 is 10.6 Å². The van der Waals surface area contributed by atoms with Crippen LogP contribution in [0.25, 0.3) is 5.69 Å². The van der Waals surface area contributed by atoms with Crippen LogP contribution in [0.4, 0.5) is 5.69 Å². The number of amides is 1. The van der Waals surface area contributed by atoms with E-state index in [1.165, 1.54) is 0 Å². The van der Waals surface area contributed by atoms with E-state index in [-0.39, 0.29) is 11.9 Å². The smallest absolute Gasteiger partial charge is 0.241 e. The highest BCUT2D eigenvalue weighted by molar-refractivity contribution is 6.31. The van der Waals surface area contributed by atoms with Crippen molar-refractivity contribution in [2.24, 2.45) is 0 Å². The first-order valence-corrected chi connectivity index (χ1v) is 6.27. The highest BCUT2D eigenvalue weighted by Crippen LogP contribution is 2.24. The summed E-state index contributed by atoms with van der Waals surface area (Å²) in [4.78, 5) is 11.9. The fourth-order valence-electron chi connectivity index (χ4n) is 1.59. The number of nitrogens with one attached hydrogen (secondary N) is 2. The number of anilines is 1. The molecule has 100 valence electrons. The molecule has 0 bridgehead atoms. The summed E-state index contributed by atoms with van der Waals surface area (Å²) in [6.45, 7) is 1.79. The van der Waals surface area contributed by atoms with Crippen molar-refractivity contribution in [3.63, 3.8) is 0 Å². The van der Waals surface area contributed by atoms with Crippen LogP contribution in [-0.4, -0.2) is 28.8 Å². The van der Waals surface area contributed by atoms with Gasteiger partial charge in [0.2, 0.25) is 5.91 Å². The maximum Gasteiger partial charge on any atom is 0.241 e. The molecule has 0 aliphatic carbocycles. The Morgan fingerprint density at radius 1 is 1.47 bits per heavy atom. The third-order valence-corrected chi connectivity index (χ3v) is 3.03. The average Bonchev–Trinajstić information content (AvgIpc) is 2.91. The fourth-order valence-corrected chi connectivity index (χ4v) is 1.76. The van der Waals surface area contributed by atoms with Crippen molar-refractivity contribution in [2.45, 2.75) is 13.0 Å². The molecule has 0 saturated carbocycles. The molecule has 0 aliphatic rings. The summed E-state index contributed by atoms with van der Waals surface area (Å²) in [6, 6.07) is 6.81. The van der Waals surface area contributed by atoms with E-state index < -0.39 is 0 Å². The van der Waals surface area contributed by atoms with Crippen molar-refractivity contribution in [1.29, 1.82) is 0 Å². The maximum absolute atomic E-state index is 11.9. The third kappa shape index (κ3) is 3.13. The Kier molecular flexibility index (Phi) is 4.19. The molecule has 0 fully saturated rings. The molecule has 0 saturated heterocycles. The predicted octanol–water partition coefficient (Wildman–Crippen LogP) is 2.07. The van der Waals surface area contributed by atoms with Crippen LogP contribution >= 0.6 is 11.6 Å². The number of carbonyl (C=O) groups is 1. The number of benzene rings is 1. The van der Waals surface area contributed by atoms with E-state index in [9.17, 15) is 4.79 Å². The number of rotatable bonds is 4. The minimum absolute atomic E-state index is 0.127. The predicted molar refractivity (Wildman–Crippen MR) is 75.7 cm³/mol. The summed E-state index contributed by atoms with van der Waals surface area (Å²) in [7, 11) is 1.73. The average molecular weight is 279 g/mol. The monoisotopic (exact) mass is 278 g/mol. The summed E-state index contributed by atoms with van der Waals surface area (Å²) < 4.78 is 1.68. The van der Waals surface area contributed by atoms with Gasteiger partial charge in [-0.25, -0.2) is 4.68 Å². The van der Waals surface area contributed by atoms with E-state index in [1.54, 1.807) is 43.2 Å². The fraction of sp³-hybridized carbons (Fsp3) is 0.231. The molecule has 1 aromatic carbocycles. The molecule has 1 heterocycles. The standard InChI is InChI=1S/C13H15ClN4O/c1-9(15-2)13(19)17-11-8-10(14)4-5-12(11)18-7-3-6-16-18/h3-9,15H,1-2H3,(H,17,19). The Morgan fingerprint density at radius 2 is 2.26 bits per heavy atom. The van der Waals surface area contributed by atoms with Crippen molar-refractivity contribution in [1.82, 2.24) is 15.1 Å². The van der Waals surface area contributed by atoms with Crippen LogP contribution in [0.5, 0.6) is 0 Å². The molecule has 0 radical (unpaired) electrons. The number of halogens is 1. The lowest BCUT2D eigenvalue weighted by molar-refractivity contribution is -0.117.